The van der Waals surface area contributed by atoms with Gasteiger partial charge in [0.25, 0.3) is 5.91 Å². The molecule has 168 valence electrons. The van der Waals surface area contributed by atoms with Crippen LogP contribution in [0.1, 0.15) is 11.1 Å². The number of hydrogen-bond donors (Lipinski definition) is 2. The Morgan fingerprint density at radius 3 is 2.67 bits per heavy atom. The number of aromatic nitrogens is 2. The van der Waals surface area contributed by atoms with E-state index >= 15 is 0 Å². The predicted molar refractivity (Wildman–Crippen MR) is 135 cm³/mol. The molecule has 1 aromatic heterocycles. The molecule has 0 aliphatic heterocycles. The van der Waals surface area contributed by atoms with Gasteiger partial charge in [0.2, 0.25) is 0 Å². The van der Waals surface area contributed by atoms with Crippen LogP contribution in [-0.2, 0) is 11.4 Å². The SMILES string of the molecule is O=C(CSc1nc2ccccc2[nH]1)N/N=C/c1ccccc1OCc1c(Cl)ccc(Cl)c1Cl. The second kappa shape index (κ2) is 10.9. The van der Waals surface area contributed by atoms with Crippen LogP contribution in [0.2, 0.25) is 15.1 Å². The number of rotatable bonds is 8. The first-order chi connectivity index (χ1) is 16.0. The molecule has 0 spiro atoms. The minimum absolute atomic E-state index is 0.129. The Kier molecular flexibility index (Phi) is 7.77. The molecular weight excluding hydrogens is 503 g/mol. The van der Waals surface area contributed by atoms with E-state index in [0.717, 1.165) is 11.0 Å². The number of carbonyl (C=O) groups is 1. The molecule has 0 unspecified atom stereocenters. The Balaban J connectivity index is 1.34. The van der Waals surface area contributed by atoms with Gasteiger partial charge in [0.15, 0.2) is 5.16 Å². The van der Waals surface area contributed by atoms with Gasteiger partial charge in [-0.25, -0.2) is 10.4 Å². The summed E-state index contributed by atoms with van der Waals surface area (Å²) in [5.74, 6) is 0.466. The van der Waals surface area contributed by atoms with Crippen molar-refractivity contribution in [2.75, 3.05) is 5.75 Å². The number of benzene rings is 3. The highest BCUT2D eigenvalue weighted by Gasteiger charge is 2.11. The lowest BCUT2D eigenvalue weighted by atomic mass is 10.2. The number of imidazole rings is 1. The molecule has 0 saturated heterocycles. The summed E-state index contributed by atoms with van der Waals surface area (Å²) in [6.45, 7) is 0.129. The van der Waals surface area contributed by atoms with Crippen molar-refractivity contribution in [2.45, 2.75) is 11.8 Å². The Morgan fingerprint density at radius 2 is 1.82 bits per heavy atom. The van der Waals surface area contributed by atoms with Crippen molar-refractivity contribution in [2.24, 2.45) is 5.10 Å². The van der Waals surface area contributed by atoms with Crippen LogP contribution in [0.4, 0.5) is 0 Å². The van der Waals surface area contributed by atoms with Gasteiger partial charge in [-0.15, -0.1) is 0 Å². The van der Waals surface area contributed by atoms with Crippen molar-refractivity contribution in [3.63, 3.8) is 0 Å². The molecule has 0 saturated carbocycles. The average molecular weight is 520 g/mol. The minimum Gasteiger partial charge on any atom is -0.488 e. The number of para-hydroxylation sites is 3. The lowest BCUT2D eigenvalue weighted by molar-refractivity contribution is -0.118. The van der Waals surface area contributed by atoms with Crippen molar-refractivity contribution >= 4 is 69.7 Å². The van der Waals surface area contributed by atoms with Gasteiger partial charge in [0.05, 0.1) is 33.0 Å². The van der Waals surface area contributed by atoms with Gasteiger partial charge in [0.1, 0.15) is 12.4 Å². The first-order valence-corrected chi connectivity index (χ1v) is 11.9. The quantitative estimate of drug-likeness (QED) is 0.123. The second-order valence-electron chi connectivity index (χ2n) is 6.79. The number of hydrazone groups is 1. The van der Waals surface area contributed by atoms with Gasteiger partial charge in [-0.3, -0.25) is 4.79 Å². The number of ether oxygens (including phenoxy) is 1. The molecule has 6 nitrogen and oxygen atoms in total. The van der Waals surface area contributed by atoms with Gasteiger partial charge in [-0.2, -0.15) is 5.10 Å². The second-order valence-corrected chi connectivity index (χ2v) is 8.95. The molecule has 4 aromatic rings. The summed E-state index contributed by atoms with van der Waals surface area (Å²) in [5.41, 5.74) is 5.57. The molecule has 0 aliphatic carbocycles. The zero-order valence-corrected chi connectivity index (χ0v) is 20.1. The highest BCUT2D eigenvalue weighted by molar-refractivity contribution is 7.99. The summed E-state index contributed by atoms with van der Waals surface area (Å²) in [7, 11) is 0. The molecule has 0 radical (unpaired) electrons. The normalized spacial score (nSPS) is 11.2. The summed E-state index contributed by atoms with van der Waals surface area (Å²) in [6.07, 6.45) is 1.51. The maximum atomic E-state index is 12.2. The molecule has 0 atom stereocenters. The van der Waals surface area contributed by atoms with Crippen LogP contribution >= 0.6 is 46.6 Å². The van der Waals surface area contributed by atoms with E-state index in [4.69, 9.17) is 39.5 Å². The summed E-state index contributed by atoms with van der Waals surface area (Å²) >= 11 is 19.8. The molecule has 10 heteroatoms. The van der Waals surface area contributed by atoms with Crippen LogP contribution in [0.5, 0.6) is 5.75 Å². The van der Waals surface area contributed by atoms with E-state index in [1.807, 2.05) is 42.5 Å². The number of nitrogens with one attached hydrogen (secondary N) is 2. The third-order valence-corrected chi connectivity index (χ3v) is 6.60. The fraction of sp³-hybridized carbons (Fsp3) is 0.0870. The summed E-state index contributed by atoms with van der Waals surface area (Å²) < 4.78 is 5.88. The van der Waals surface area contributed by atoms with Crippen LogP contribution in [0, 0.1) is 0 Å². The maximum Gasteiger partial charge on any atom is 0.250 e. The molecule has 33 heavy (non-hydrogen) atoms. The first-order valence-electron chi connectivity index (χ1n) is 9.75. The lowest BCUT2D eigenvalue weighted by Gasteiger charge is -2.12. The fourth-order valence-corrected chi connectivity index (χ4v) is 4.24. The van der Waals surface area contributed by atoms with Crippen LogP contribution in [0.15, 0.2) is 70.9 Å². The van der Waals surface area contributed by atoms with E-state index in [9.17, 15) is 4.79 Å². The lowest BCUT2D eigenvalue weighted by Crippen LogP contribution is -2.19. The Morgan fingerprint density at radius 1 is 1.06 bits per heavy atom. The van der Waals surface area contributed by atoms with Crippen LogP contribution in [-0.4, -0.2) is 27.8 Å². The number of amides is 1. The van der Waals surface area contributed by atoms with Crippen molar-refractivity contribution in [1.29, 1.82) is 0 Å². The minimum atomic E-state index is -0.257. The standard InChI is InChI=1S/C23H17Cl3N4O2S/c24-16-9-10-17(25)22(26)15(16)12-32-20-8-4-1-5-14(20)11-27-30-21(31)13-33-23-28-18-6-2-3-7-19(18)29-23/h1-11H,12-13H2,(H,28,29)(H,30,31)/b27-11+. The smallest absolute Gasteiger partial charge is 0.250 e. The number of thioether (sulfide) groups is 1. The third-order valence-electron chi connectivity index (χ3n) is 4.53. The predicted octanol–water partition coefficient (Wildman–Crippen LogP) is 6.34. The summed E-state index contributed by atoms with van der Waals surface area (Å²) in [6, 6.07) is 18.3. The van der Waals surface area contributed by atoms with E-state index < -0.39 is 0 Å². The number of hydrogen-bond acceptors (Lipinski definition) is 5. The number of fused-ring (bicyclic) bond motifs is 1. The van der Waals surface area contributed by atoms with Gasteiger partial charge in [0, 0.05) is 16.1 Å². The van der Waals surface area contributed by atoms with Crippen LogP contribution < -0.4 is 10.2 Å². The molecule has 4 rings (SSSR count). The van der Waals surface area contributed by atoms with Crippen molar-refractivity contribution in [3.8, 4) is 5.75 Å². The first kappa shape index (κ1) is 23.4. The monoisotopic (exact) mass is 518 g/mol. The van der Waals surface area contributed by atoms with E-state index in [1.165, 1.54) is 18.0 Å². The molecule has 0 fully saturated rings. The van der Waals surface area contributed by atoms with Gasteiger partial charge in [-0.1, -0.05) is 70.8 Å². The largest absolute Gasteiger partial charge is 0.488 e. The van der Waals surface area contributed by atoms with Crippen LogP contribution in [0.25, 0.3) is 11.0 Å². The highest BCUT2D eigenvalue weighted by Crippen LogP contribution is 2.32. The fourth-order valence-electron chi connectivity index (χ4n) is 2.91. The van der Waals surface area contributed by atoms with Crippen LogP contribution in [0.3, 0.4) is 0 Å². The van der Waals surface area contributed by atoms with Crippen molar-refractivity contribution < 1.29 is 9.53 Å². The van der Waals surface area contributed by atoms with Gasteiger partial charge in [-0.05, 0) is 36.4 Å². The topological polar surface area (TPSA) is 79.4 Å². The zero-order chi connectivity index (χ0) is 23.2. The van der Waals surface area contributed by atoms with Crippen molar-refractivity contribution in [1.82, 2.24) is 15.4 Å². The van der Waals surface area contributed by atoms with E-state index in [-0.39, 0.29) is 18.3 Å². The molecule has 3 aromatic carbocycles. The van der Waals surface area contributed by atoms with E-state index in [2.05, 4.69) is 20.5 Å². The molecule has 0 aliphatic rings. The zero-order valence-electron chi connectivity index (χ0n) is 17.0. The highest BCUT2D eigenvalue weighted by atomic mass is 35.5. The Hall–Kier alpha value is -2.71. The number of aromatic amines is 1. The van der Waals surface area contributed by atoms with Gasteiger partial charge < -0.3 is 9.72 Å². The summed E-state index contributed by atoms with van der Waals surface area (Å²) in [4.78, 5) is 19.8. The maximum absolute atomic E-state index is 12.2. The molecule has 0 bridgehead atoms. The Bertz CT molecular complexity index is 1290. The van der Waals surface area contributed by atoms with E-state index in [1.54, 1.807) is 18.2 Å². The average Bonchev–Trinajstić information content (AvgIpc) is 3.24. The van der Waals surface area contributed by atoms with E-state index in [0.29, 0.717) is 37.1 Å². The third kappa shape index (κ3) is 6.00. The van der Waals surface area contributed by atoms with Gasteiger partial charge >= 0.3 is 0 Å². The number of nitrogens with zero attached hydrogens (tertiary/aromatic N) is 2. The molecule has 1 heterocycles. The number of halogens is 3. The number of H-pyrrole nitrogens is 1. The molecule has 1 amide bonds. The molecular formula is C23H17Cl3N4O2S. The molecule has 2 N–H and O–H groups in total. The van der Waals surface area contributed by atoms with Crippen molar-refractivity contribution in [3.05, 3.63) is 86.9 Å². The number of carbonyl (C=O) groups excluding carboxylic acids is 1. The Labute approximate surface area is 209 Å². The summed E-state index contributed by atoms with van der Waals surface area (Å²) in [5, 5.41) is 5.93.